The lowest BCUT2D eigenvalue weighted by atomic mass is 10.1. The molecule has 0 N–H and O–H groups in total. The number of amides is 1. The number of nitrogens with zero attached hydrogens (tertiary/aromatic N) is 2. The summed E-state index contributed by atoms with van der Waals surface area (Å²) in [6, 6.07) is 9.73. The molecule has 3 rings (SSSR count). The van der Waals surface area contributed by atoms with Crippen LogP contribution in [0.15, 0.2) is 36.5 Å². The molecule has 0 saturated heterocycles. The number of hydrogen-bond donors (Lipinski definition) is 0. The van der Waals surface area contributed by atoms with Crippen molar-refractivity contribution in [2.24, 2.45) is 0 Å². The molecular weight excluding hydrogens is 332 g/mol. The second-order valence-corrected chi connectivity index (χ2v) is 6.28. The summed E-state index contributed by atoms with van der Waals surface area (Å²) in [4.78, 5) is 19.2. The molecule has 2 aromatic rings. The summed E-state index contributed by atoms with van der Waals surface area (Å²) in [5.41, 5.74) is 1.73. The van der Waals surface area contributed by atoms with Gasteiger partial charge in [0.1, 0.15) is 0 Å². The van der Waals surface area contributed by atoms with E-state index in [0.29, 0.717) is 29.8 Å². The quantitative estimate of drug-likeness (QED) is 0.728. The third kappa shape index (κ3) is 4.07. The fourth-order valence-corrected chi connectivity index (χ4v) is 2.99. The molecule has 138 valence electrons. The number of ether oxygens (including phenoxy) is 3. The molecular formula is C20H24N2O4. The van der Waals surface area contributed by atoms with Crippen molar-refractivity contribution < 1.29 is 19.0 Å². The van der Waals surface area contributed by atoms with E-state index < -0.39 is 0 Å². The highest BCUT2D eigenvalue weighted by Crippen LogP contribution is 2.38. The smallest absolute Gasteiger partial charge is 0.227 e. The first-order valence-corrected chi connectivity index (χ1v) is 8.64. The maximum Gasteiger partial charge on any atom is 0.227 e. The van der Waals surface area contributed by atoms with Gasteiger partial charge in [-0.05, 0) is 42.7 Å². The molecule has 0 spiro atoms. The SMILES string of the molecule is COc1cc(CC(=O)N(Cc2ccccn2)C2CC2)cc(OC)c1OC. The summed E-state index contributed by atoms with van der Waals surface area (Å²) in [7, 11) is 4.70. The van der Waals surface area contributed by atoms with Gasteiger partial charge in [-0.2, -0.15) is 0 Å². The zero-order valence-corrected chi connectivity index (χ0v) is 15.4. The minimum Gasteiger partial charge on any atom is -0.493 e. The van der Waals surface area contributed by atoms with Crippen LogP contribution in [-0.2, 0) is 17.8 Å². The van der Waals surface area contributed by atoms with Crippen molar-refractivity contribution in [2.45, 2.75) is 31.8 Å². The van der Waals surface area contributed by atoms with Crippen LogP contribution in [0.2, 0.25) is 0 Å². The highest BCUT2D eigenvalue weighted by atomic mass is 16.5. The van der Waals surface area contributed by atoms with Crippen molar-refractivity contribution in [2.75, 3.05) is 21.3 Å². The average Bonchev–Trinajstić information content (AvgIpc) is 3.51. The van der Waals surface area contributed by atoms with Gasteiger partial charge in [-0.1, -0.05) is 6.07 Å². The van der Waals surface area contributed by atoms with E-state index in [1.165, 1.54) is 0 Å². The van der Waals surface area contributed by atoms with Crippen LogP contribution < -0.4 is 14.2 Å². The minimum absolute atomic E-state index is 0.0763. The molecule has 1 fully saturated rings. The van der Waals surface area contributed by atoms with Gasteiger partial charge in [-0.25, -0.2) is 0 Å². The van der Waals surface area contributed by atoms with Gasteiger partial charge in [0.25, 0.3) is 0 Å². The lowest BCUT2D eigenvalue weighted by Crippen LogP contribution is -2.34. The Bertz CT molecular complexity index is 735. The van der Waals surface area contributed by atoms with E-state index in [-0.39, 0.29) is 12.3 Å². The maximum atomic E-state index is 12.9. The molecule has 0 atom stereocenters. The summed E-state index contributed by atoms with van der Waals surface area (Å²) >= 11 is 0. The summed E-state index contributed by atoms with van der Waals surface area (Å²) in [6.45, 7) is 0.536. The molecule has 26 heavy (non-hydrogen) atoms. The van der Waals surface area contributed by atoms with E-state index in [1.807, 2.05) is 35.2 Å². The molecule has 0 radical (unpaired) electrons. The third-order valence-corrected chi connectivity index (χ3v) is 4.45. The predicted octanol–water partition coefficient (Wildman–Crippen LogP) is 2.84. The van der Waals surface area contributed by atoms with Crippen molar-refractivity contribution in [3.63, 3.8) is 0 Å². The van der Waals surface area contributed by atoms with E-state index in [0.717, 1.165) is 24.1 Å². The Hall–Kier alpha value is -2.76. The van der Waals surface area contributed by atoms with Crippen molar-refractivity contribution >= 4 is 5.91 Å². The second kappa shape index (κ2) is 8.08. The molecule has 6 heteroatoms. The van der Waals surface area contributed by atoms with E-state index >= 15 is 0 Å². The fraction of sp³-hybridized carbons (Fsp3) is 0.400. The Balaban J connectivity index is 1.79. The zero-order valence-electron chi connectivity index (χ0n) is 15.4. The molecule has 1 aliphatic rings. The zero-order chi connectivity index (χ0) is 18.5. The highest BCUT2D eigenvalue weighted by molar-refractivity contribution is 5.80. The second-order valence-electron chi connectivity index (χ2n) is 6.28. The maximum absolute atomic E-state index is 12.9. The standard InChI is InChI=1S/C20H24N2O4/c1-24-17-10-14(11-18(25-2)20(17)26-3)12-19(23)22(16-7-8-16)13-15-6-4-5-9-21-15/h4-6,9-11,16H,7-8,12-13H2,1-3H3. The lowest BCUT2D eigenvalue weighted by Gasteiger charge is -2.22. The van der Waals surface area contributed by atoms with Crippen molar-refractivity contribution in [1.29, 1.82) is 0 Å². The van der Waals surface area contributed by atoms with Gasteiger partial charge < -0.3 is 19.1 Å². The first-order valence-electron chi connectivity index (χ1n) is 8.64. The fourth-order valence-electron chi connectivity index (χ4n) is 2.99. The number of carbonyl (C=O) groups is 1. The first kappa shape index (κ1) is 18.0. The van der Waals surface area contributed by atoms with Gasteiger partial charge in [-0.15, -0.1) is 0 Å². The van der Waals surface area contributed by atoms with Gasteiger partial charge in [-0.3, -0.25) is 9.78 Å². The van der Waals surface area contributed by atoms with Crippen LogP contribution in [0.1, 0.15) is 24.1 Å². The summed E-state index contributed by atoms with van der Waals surface area (Å²) in [6.07, 6.45) is 4.13. The number of rotatable bonds is 8. The van der Waals surface area contributed by atoms with Crippen LogP contribution in [0.25, 0.3) is 0 Å². The molecule has 0 unspecified atom stereocenters. The van der Waals surface area contributed by atoms with Gasteiger partial charge in [0.2, 0.25) is 11.7 Å². The van der Waals surface area contributed by atoms with E-state index in [2.05, 4.69) is 4.98 Å². The topological polar surface area (TPSA) is 60.9 Å². The molecule has 6 nitrogen and oxygen atoms in total. The highest BCUT2D eigenvalue weighted by Gasteiger charge is 2.32. The molecule has 1 aromatic heterocycles. The first-order chi connectivity index (χ1) is 12.7. The number of hydrogen-bond acceptors (Lipinski definition) is 5. The Labute approximate surface area is 153 Å². The summed E-state index contributed by atoms with van der Waals surface area (Å²) in [5.74, 6) is 1.71. The minimum atomic E-state index is 0.0763. The Kier molecular flexibility index (Phi) is 5.61. The molecule has 1 amide bonds. The van der Waals surface area contributed by atoms with Crippen LogP contribution in [0.4, 0.5) is 0 Å². The van der Waals surface area contributed by atoms with Crippen LogP contribution in [0.3, 0.4) is 0 Å². The lowest BCUT2D eigenvalue weighted by molar-refractivity contribution is -0.131. The third-order valence-electron chi connectivity index (χ3n) is 4.45. The number of benzene rings is 1. The number of aromatic nitrogens is 1. The number of methoxy groups -OCH3 is 3. The Morgan fingerprint density at radius 3 is 2.31 bits per heavy atom. The predicted molar refractivity (Wildman–Crippen MR) is 97.6 cm³/mol. The summed E-state index contributed by atoms with van der Waals surface area (Å²) in [5, 5.41) is 0. The number of carbonyl (C=O) groups excluding carboxylic acids is 1. The van der Waals surface area contributed by atoms with E-state index in [1.54, 1.807) is 27.5 Å². The summed E-state index contributed by atoms with van der Waals surface area (Å²) < 4.78 is 16.1. The van der Waals surface area contributed by atoms with Crippen LogP contribution in [-0.4, -0.2) is 43.2 Å². The molecule has 1 saturated carbocycles. The van der Waals surface area contributed by atoms with E-state index in [9.17, 15) is 4.79 Å². The Morgan fingerprint density at radius 2 is 1.81 bits per heavy atom. The molecule has 0 aliphatic heterocycles. The largest absolute Gasteiger partial charge is 0.493 e. The molecule has 1 aliphatic carbocycles. The van der Waals surface area contributed by atoms with Crippen LogP contribution >= 0.6 is 0 Å². The van der Waals surface area contributed by atoms with Gasteiger partial charge in [0.15, 0.2) is 11.5 Å². The Morgan fingerprint density at radius 1 is 1.12 bits per heavy atom. The number of pyridine rings is 1. The molecule has 0 bridgehead atoms. The monoisotopic (exact) mass is 356 g/mol. The molecule has 1 heterocycles. The van der Waals surface area contributed by atoms with Gasteiger partial charge >= 0.3 is 0 Å². The van der Waals surface area contributed by atoms with Gasteiger partial charge in [0.05, 0.1) is 40.0 Å². The average molecular weight is 356 g/mol. The van der Waals surface area contributed by atoms with Gasteiger partial charge in [0, 0.05) is 12.2 Å². The normalized spacial score (nSPS) is 13.2. The van der Waals surface area contributed by atoms with Crippen molar-refractivity contribution in [1.82, 2.24) is 9.88 Å². The molecule has 1 aromatic carbocycles. The van der Waals surface area contributed by atoms with Crippen LogP contribution in [0.5, 0.6) is 17.2 Å². The van der Waals surface area contributed by atoms with Crippen molar-refractivity contribution in [3.05, 3.63) is 47.8 Å². The van der Waals surface area contributed by atoms with Crippen LogP contribution in [0, 0.1) is 0 Å². The van der Waals surface area contributed by atoms with E-state index in [4.69, 9.17) is 14.2 Å². The van der Waals surface area contributed by atoms with Crippen molar-refractivity contribution in [3.8, 4) is 17.2 Å².